The zero-order valence-corrected chi connectivity index (χ0v) is 34.7. The summed E-state index contributed by atoms with van der Waals surface area (Å²) < 4.78 is 0. The van der Waals surface area contributed by atoms with Gasteiger partial charge in [-0.3, -0.25) is 0 Å². The summed E-state index contributed by atoms with van der Waals surface area (Å²) in [5, 5.41) is 9.19. The van der Waals surface area contributed by atoms with E-state index in [1.807, 2.05) is 27.7 Å². The molecule has 0 aliphatic rings. The van der Waals surface area contributed by atoms with Crippen LogP contribution >= 0.6 is 23.2 Å². The van der Waals surface area contributed by atoms with Crippen LogP contribution in [-0.2, 0) is 22.4 Å². The van der Waals surface area contributed by atoms with Crippen molar-refractivity contribution in [2.75, 3.05) is 5.34 Å². The third-order valence-electron chi connectivity index (χ3n) is 4.21. The van der Waals surface area contributed by atoms with E-state index in [4.69, 9.17) is 33.3 Å². The number of halogens is 3. The van der Waals surface area contributed by atoms with Crippen molar-refractivity contribution in [3.05, 3.63) is 60.7 Å². The Labute approximate surface area is 332 Å². The number of rotatable bonds is 16. The molecule has 0 saturated heterocycles. The van der Waals surface area contributed by atoms with Crippen LogP contribution in [0.2, 0.25) is 0 Å². The van der Waals surface area contributed by atoms with Crippen LogP contribution in [0.1, 0.15) is 166 Å². The average Bonchev–Trinajstić information content (AvgIpc) is 2.85. The number of hydrogen-bond donors (Lipinski definition) is 0. The summed E-state index contributed by atoms with van der Waals surface area (Å²) in [6, 6.07) is 0. The average molecular weight is 858 g/mol. The molecule has 0 aliphatic heterocycles. The zero-order valence-electron chi connectivity index (χ0n) is 27.6. The molecule has 0 aromatic heterocycles. The number of nitrogens with zero attached hydrogens (tertiary/aromatic N) is 1. The van der Waals surface area contributed by atoms with Gasteiger partial charge in [0.1, 0.15) is 0 Å². The normalized spacial score (nSPS) is 6.95. The summed E-state index contributed by atoms with van der Waals surface area (Å²) in [4.78, 5) is 8.00. The second kappa shape index (κ2) is 122. The first kappa shape index (κ1) is 79.1. The fourth-order valence-electron chi connectivity index (χ4n) is 2.80. The Morgan fingerprint density at radius 3 is 0.690 bits per heavy atom. The molecule has 0 amide bonds. The topological polar surface area (TPSA) is 52.5 Å². The van der Waals surface area contributed by atoms with E-state index < -0.39 is 0 Å². The summed E-state index contributed by atoms with van der Waals surface area (Å²) in [6.45, 7) is 25.6. The van der Waals surface area contributed by atoms with Crippen LogP contribution in [0.5, 0.6) is 0 Å². The first-order chi connectivity index (χ1) is 17.9. The predicted octanol–water partition coefficient (Wildman–Crippen LogP) is 9.38. The van der Waals surface area contributed by atoms with E-state index in [-0.39, 0.29) is 96.1 Å². The minimum absolute atomic E-state index is 0. The number of unbranched alkanes of at least 4 members (excludes halogenated alkanes) is 16. The van der Waals surface area contributed by atoms with E-state index in [0.717, 1.165) is 5.34 Å². The summed E-state index contributed by atoms with van der Waals surface area (Å²) in [5.41, 5.74) is 0. The molecular weight excluding hydrogens is 783 g/mol. The monoisotopic (exact) mass is 855 g/mol. The largest absolute Gasteiger partial charge is 1.00 e. The SMILES string of the molecule is C.C.C=CC.C=CC.C=CC.C=CC.CCCCCCCCCCCCCCCCCCC.ClCCl.O=N[O-].[Ag].[I-].[Na+]. The van der Waals surface area contributed by atoms with Crippen LogP contribution in [-0.4, -0.2) is 5.34 Å². The van der Waals surface area contributed by atoms with E-state index in [1.54, 1.807) is 24.3 Å². The molecule has 0 N–H and O–H groups in total. The molecule has 0 spiro atoms. The maximum absolute atomic E-state index is 8.00. The standard InChI is InChI=1S/C19H40.4C3H6.CH2Cl2.2CH4.Ag.HI.HNO2.Na/c1-3-5-7-9-11-13-15-17-19-18-16-14-12-10-8-6-4-2;4*1-3-2;2-1-3;;;;;2-1-3;/h3-19H2,1-2H3;4*3H,1H2,2H3;1H2;2*1H4;;1H;(H,2,3);/q;;;;;;;;;;;+1/p-2. The number of alkyl halides is 2. The molecule has 0 aliphatic carbocycles. The second-order valence-electron chi connectivity index (χ2n) is 8.11. The molecule has 0 unspecified atom stereocenters. The maximum Gasteiger partial charge on any atom is 1.00 e. The molecule has 42 heavy (non-hydrogen) atoms. The Balaban J connectivity index is -0.0000000327. The zero-order chi connectivity index (χ0) is 30.3. The molecule has 0 aromatic rings. The molecule has 261 valence electrons. The quantitative estimate of drug-likeness (QED) is 0.0296. The van der Waals surface area contributed by atoms with Crippen LogP contribution in [0, 0.1) is 10.1 Å². The van der Waals surface area contributed by atoms with Crippen LogP contribution in [0.15, 0.2) is 56.0 Å². The number of hydrogen-bond acceptors (Lipinski definition) is 3. The van der Waals surface area contributed by atoms with E-state index >= 15 is 0 Å². The van der Waals surface area contributed by atoms with Crippen molar-refractivity contribution in [3.63, 3.8) is 0 Å². The molecule has 0 fully saturated rings. The van der Waals surface area contributed by atoms with Gasteiger partial charge in [0.15, 0.2) is 0 Å². The predicted molar refractivity (Wildman–Crippen MR) is 193 cm³/mol. The van der Waals surface area contributed by atoms with Crippen molar-refractivity contribution >= 4 is 23.2 Å². The Kier molecular flexibility index (Phi) is 230. The van der Waals surface area contributed by atoms with E-state index in [9.17, 15) is 0 Å². The van der Waals surface area contributed by atoms with Gasteiger partial charge in [0.25, 0.3) is 0 Å². The van der Waals surface area contributed by atoms with Gasteiger partial charge >= 0.3 is 29.6 Å². The molecule has 1 radical (unpaired) electrons. The van der Waals surface area contributed by atoms with E-state index in [2.05, 4.69) is 40.2 Å². The smallest absolute Gasteiger partial charge is 1.00 e. The van der Waals surface area contributed by atoms with Crippen molar-refractivity contribution in [2.45, 2.75) is 166 Å². The van der Waals surface area contributed by atoms with Crippen molar-refractivity contribution in [3.8, 4) is 0 Å². The van der Waals surface area contributed by atoms with Crippen molar-refractivity contribution < 1.29 is 75.9 Å². The number of allylic oxidation sites excluding steroid dienone is 4. The van der Waals surface area contributed by atoms with Gasteiger partial charge in [0.2, 0.25) is 0 Å². The molecule has 8 heteroatoms. The van der Waals surface area contributed by atoms with Crippen molar-refractivity contribution in [2.24, 2.45) is 5.34 Å². The molecule has 3 nitrogen and oxygen atoms in total. The Bertz CT molecular complexity index is 322. The van der Waals surface area contributed by atoms with Crippen LogP contribution < -0.4 is 53.5 Å². The van der Waals surface area contributed by atoms with Gasteiger partial charge < -0.3 is 34.1 Å². The minimum atomic E-state index is 0. The van der Waals surface area contributed by atoms with Crippen LogP contribution in [0.3, 0.4) is 0 Å². The molecule has 0 bridgehead atoms. The molecule has 0 rings (SSSR count). The molecule has 0 atom stereocenters. The Morgan fingerprint density at radius 2 is 0.619 bits per heavy atom. The minimum Gasteiger partial charge on any atom is -1.00 e. The summed E-state index contributed by atoms with van der Waals surface area (Å²) >= 11 is 9.53. The molecule has 0 aromatic carbocycles. The summed E-state index contributed by atoms with van der Waals surface area (Å²) in [5.74, 6) is 0. The van der Waals surface area contributed by atoms with Crippen molar-refractivity contribution in [1.82, 2.24) is 0 Å². The van der Waals surface area contributed by atoms with Gasteiger partial charge in [-0.1, -0.05) is 162 Å². The van der Waals surface area contributed by atoms with Crippen LogP contribution in [0.25, 0.3) is 0 Å². The molecular formula is C34H74AgCl2INNaO2-. The first-order valence-electron chi connectivity index (χ1n) is 14.3. The Hall–Kier alpha value is 1.41. The van der Waals surface area contributed by atoms with Gasteiger partial charge in [-0.2, -0.15) is 0 Å². The third kappa shape index (κ3) is 223. The molecule has 0 saturated carbocycles. The van der Waals surface area contributed by atoms with Gasteiger partial charge in [-0.05, 0) is 27.7 Å². The van der Waals surface area contributed by atoms with E-state index in [1.165, 1.54) is 109 Å². The van der Waals surface area contributed by atoms with E-state index in [0.29, 0.717) is 0 Å². The van der Waals surface area contributed by atoms with Crippen molar-refractivity contribution in [1.29, 1.82) is 0 Å². The third-order valence-corrected chi connectivity index (χ3v) is 4.21. The Morgan fingerprint density at radius 1 is 0.548 bits per heavy atom. The maximum atomic E-state index is 8.00. The first-order valence-corrected chi connectivity index (χ1v) is 15.3. The van der Waals surface area contributed by atoms with Gasteiger partial charge in [-0.25, -0.2) is 0 Å². The summed E-state index contributed by atoms with van der Waals surface area (Å²) in [7, 11) is 0. The van der Waals surface area contributed by atoms with Crippen LogP contribution in [0.4, 0.5) is 0 Å². The molecule has 0 heterocycles. The second-order valence-corrected chi connectivity index (χ2v) is 8.92. The van der Waals surface area contributed by atoms with Gasteiger partial charge in [0, 0.05) is 22.4 Å². The summed E-state index contributed by atoms with van der Waals surface area (Å²) in [6.07, 6.45) is 31.9. The van der Waals surface area contributed by atoms with Gasteiger partial charge in [-0.15, -0.1) is 54.9 Å². The fourth-order valence-corrected chi connectivity index (χ4v) is 2.80. The van der Waals surface area contributed by atoms with Gasteiger partial charge in [0.05, 0.1) is 5.34 Å². The fraction of sp³-hybridized carbons (Fsp3) is 0.765.